The molecule has 1 saturated heterocycles. The Labute approximate surface area is 203 Å². The first kappa shape index (κ1) is 25.6. The zero-order chi connectivity index (χ0) is 24.5. The van der Waals surface area contributed by atoms with E-state index in [4.69, 9.17) is 15.2 Å². The van der Waals surface area contributed by atoms with Crippen molar-refractivity contribution in [2.75, 3.05) is 31.2 Å². The molecule has 0 aliphatic carbocycles. The van der Waals surface area contributed by atoms with Crippen LogP contribution in [-0.2, 0) is 9.53 Å². The highest BCUT2D eigenvalue weighted by Crippen LogP contribution is 2.42. The van der Waals surface area contributed by atoms with E-state index in [0.29, 0.717) is 17.9 Å². The van der Waals surface area contributed by atoms with Gasteiger partial charge in [-0.1, -0.05) is 37.6 Å². The number of hydrogen-bond donors (Lipinski definition) is 1. The highest BCUT2D eigenvalue weighted by atomic mass is 16.5. The number of ether oxygens (including phenoxy) is 2. The Balaban J connectivity index is 2.07. The van der Waals surface area contributed by atoms with Crippen molar-refractivity contribution in [3.05, 3.63) is 59.2 Å². The lowest BCUT2D eigenvalue weighted by atomic mass is 9.77. The Bertz CT molecular complexity index is 969. The summed E-state index contributed by atoms with van der Waals surface area (Å²) in [4.78, 5) is 27.8. The normalized spacial score (nSPS) is 15.4. The minimum absolute atomic E-state index is 0.0800. The third-order valence-electron chi connectivity index (χ3n) is 6.50. The summed E-state index contributed by atoms with van der Waals surface area (Å²) in [5.74, 6) is -1.01. The van der Waals surface area contributed by atoms with Crippen LogP contribution in [0, 0.1) is 0 Å². The van der Waals surface area contributed by atoms with Crippen LogP contribution in [0.2, 0.25) is 0 Å². The molecule has 2 aromatic carbocycles. The van der Waals surface area contributed by atoms with Crippen LogP contribution in [0.4, 0.5) is 5.69 Å². The molecule has 34 heavy (non-hydrogen) atoms. The van der Waals surface area contributed by atoms with Gasteiger partial charge in [-0.05, 0) is 68.9 Å². The van der Waals surface area contributed by atoms with E-state index >= 15 is 0 Å². The van der Waals surface area contributed by atoms with Gasteiger partial charge in [-0.15, -0.1) is 0 Å². The van der Waals surface area contributed by atoms with Gasteiger partial charge in [0.25, 0.3) is 0 Å². The largest absolute Gasteiger partial charge is 0.493 e. The van der Waals surface area contributed by atoms with Crippen molar-refractivity contribution in [1.29, 1.82) is 0 Å². The molecule has 3 rings (SSSR count). The topological polar surface area (TPSA) is 81.9 Å². The fraction of sp³-hybridized carbons (Fsp3) is 0.500. The van der Waals surface area contributed by atoms with E-state index in [9.17, 15) is 9.59 Å². The molecular weight excluding hydrogens is 428 g/mol. The van der Waals surface area contributed by atoms with Crippen molar-refractivity contribution in [3.8, 4) is 5.75 Å². The van der Waals surface area contributed by atoms with Gasteiger partial charge in [0, 0.05) is 24.7 Å². The van der Waals surface area contributed by atoms with Gasteiger partial charge < -0.3 is 20.1 Å². The predicted molar refractivity (Wildman–Crippen MR) is 136 cm³/mol. The molecule has 2 aromatic rings. The maximum atomic E-state index is 12.9. The number of nitrogens with two attached hydrogens (primary N) is 1. The van der Waals surface area contributed by atoms with Crippen molar-refractivity contribution in [3.63, 3.8) is 0 Å². The minimum Gasteiger partial charge on any atom is -0.493 e. The Morgan fingerprint density at radius 2 is 1.74 bits per heavy atom. The molecule has 2 N–H and O–H groups in total. The third-order valence-corrected chi connectivity index (χ3v) is 6.50. The van der Waals surface area contributed by atoms with Gasteiger partial charge in [-0.2, -0.15) is 0 Å². The average molecular weight is 467 g/mol. The van der Waals surface area contributed by atoms with Crippen LogP contribution in [0.15, 0.2) is 42.5 Å². The first-order valence-corrected chi connectivity index (χ1v) is 12.6. The molecule has 0 aromatic heterocycles. The molecule has 1 aliphatic heterocycles. The number of rotatable bonds is 11. The Kier molecular flexibility index (Phi) is 9.37. The first-order valence-electron chi connectivity index (χ1n) is 12.6. The number of benzene rings is 2. The van der Waals surface area contributed by atoms with Crippen LogP contribution >= 0.6 is 0 Å². The van der Waals surface area contributed by atoms with E-state index in [2.05, 4.69) is 30.0 Å². The molecule has 1 fully saturated rings. The van der Waals surface area contributed by atoms with Gasteiger partial charge in [0.1, 0.15) is 11.3 Å². The van der Waals surface area contributed by atoms with Gasteiger partial charge in [0.2, 0.25) is 5.91 Å². The number of carbonyl (C=O) groups excluding carboxylic acids is 2. The highest BCUT2D eigenvalue weighted by molar-refractivity contribution is 5.93. The quantitative estimate of drug-likeness (QED) is 0.448. The number of primary amides is 1. The molecule has 6 nitrogen and oxygen atoms in total. The number of esters is 1. The molecule has 0 spiro atoms. The van der Waals surface area contributed by atoms with Gasteiger partial charge in [0.15, 0.2) is 0 Å². The third kappa shape index (κ3) is 5.91. The highest BCUT2D eigenvalue weighted by Gasteiger charge is 2.32. The van der Waals surface area contributed by atoms with E-state index < -0.39 is 11.9 Å². The smallest absolute Gasteiger partial charge is 0.341 e. The molecule has 1 amide bonds. The lowest BCUT2D eigenvalue weighted by Gasteiger charge is -2.34. The van der Waals surface area contributed by atoms with Crippen molar-refractivity contribution >= 4 is 17.6 Å². The van der Waals surface area contributed by atoms with E-state index in [0.717, 1.165) is 37.1 Å². The van der Waals surface area contributed by atoms with Crippen molar-refractivity contribution in [2.24, 2.45) is 5.73 Å². The molecule has 0 bridgehead atoms. The summed E-state index contributed by atoms with van der Waals surface area (Å²) >= 11 is 0. The van der Waals surface area contributed by atoms with Crippen LogP contribution < -0.4 is 15.4 Å². The second-order valence-corrected chi connectivity index (χ2v) is 8.79. The van der Waals surface area contributed by atoms with Gasteiger partial charge in [0.05, 0.1) is 19.1 Å². The maximum Gasteiger partial charge on any atom is 0.341 e. The van der Waals surface area contributed by atoms with Crippen LogP contribution in [0.5, 0.6) is 5.75 Å². The fourth-order valence-corrected chi connectivity index (χ4v) is 5.02. The number of carbonyl (C=O) groups is 2. The molecule has 1 heterocycles. The lowest BCUT2D eigenvalue weighted by molar-refractivity contribution is -0.120. The zero-order valence-corrected chi connectivity index (χ0v) is 20.7. The second kappa shape index (κ2) is 12.4. The zero-order valence-electron chi connectivity index (χ0n) is 20.7. The van der Waals surface area contributed by atoms with E-state index in [1.165, 1.54) is 24.9 Å². The first-order chi connectivity index (χ1) is 16.5. The van der Waals surface area contributed by atoms with Crippen LogP contribution in [0.1, 0.15) is 86.2 Å². The Hall–Kier alpha value is -3.02. The summed E-state index contributed by atoms with van der Waals surface area (Å²) < 4.78 is 11.0. The number of anilines is 1. The summed E-state index contributed by atoms with van der Waals surface area (Å²) in [5.41, 5.74) is 9.52. The summed E-state index contributed by atoms with van der Waals surface area (Å²) in [7, 11) is 0. The Morgan fingerprint density at radius 3 is 2.38 bits per heavy atom. The van der Waals surface area contributed by atoms with Crippen molar-refractivity contribution in [1.82, 2.24) is 0 Å². The molecule has 2 unspecified atom stereocenters. The SMILES string of the molecule is CCCC(c1ccccc1N1CCCCC1)C(C(N)=O)c1ccc(C(=O)OCC)c(OCC)c1. The standard InChI is InChI=1S/C28H38N2O4/c1-4-12-22(21-13-8-9-14-24(21)30-17-10-7-11-18-30)26(27(29)31)20-15-16-23(28(32)34-6-3)25(19-20)33-5-2/h8-9,13-16,19,22,26H,4-7,10-12,17-18H2,1-3H3,(H2,29,31). The number of amides is 1. The van der Waals surface area contributed by atoms with Gasteiger partial charge in [-0.25, -0.2) is 4.79 Å². The molecule has 0 saturated carbocycles. The fourth-order valence-electron chi connectivity index (χ4n) is 5.02. The van der Waals surface area contributed by atoms with Crippen molar-refractivity contribution < 1.29 is 19.1 Å². The predicted octanol–water partition coefficient (Wildman–Crippen LogP) is 5.41. The molecule has 184 valence electrons. The second-order valence-electron chi connectivity index (χ2n) is 8.79. The molecule has 2 atom stereocenters. The van der Waals surface area contributed by atoms with Crippen LogP contribution in [-0.4, -0.2) is 38.2 Å². The number of para-hydroxylation sites is 1. The van der Waals surface area contributed by atoms with E-state index in [1.54, 1.807) is 19.1 Å². The molecule has 0 radical (unpaired) electrons. The average Bonchev–Trinajstić information content (AvgIpc) is 2.84. The summed E-state index contributed by atoms with van der Waals surface area (Å²) in [6.07, 6.45) is 5.36. The number of piperidine rings is 1. The maximum absolute atomic E-state index is 12.9. The summed E-state index contributed by atoms with van der Waals surface area (Å²) in [6, 6.07) is 13.7. The molecule has 1 aliphatic rings. The molecular formula is C28H38N2O4. The van der Waals surface area contributed by atoms with Crippen LogP contribution in [0.25, 0.3) is 0 Å². The Morgan fingerprint density at radius 1 is 1.00 bits per heavy atom. The summed E-state index contributed by atoms with van der Waals surface area (Å²) in [5, 5.41) is 0. The lowest BCUT2D eigenvalue weighted by Crippen LogP contribution is -2.32. The number of hydrogen-bond acceptors (Lipinski definition) is 5. The minimum atomic E-state index is -0.540. The van der Waals surface area contributed by atoms with Gasteiger partial charge in [-0.3, -0.25) is 4.79 Å². The van der Waals surface area contributed by atoms with E-state index in [1.807, 2.05) is 19.1 Å². The summed E-state index contributed by atoms with van der Waals surface area (Å²) in [6.45, 7) is 8.49. The van der Waals surface area contributed by atoms with E-state index in [-0.39, 0.29) is 18.4 Å². The van der Waals surface area contributed by atoms with Crippen LogP contribution in [0.3, 0.4) is 0 Å². The number of nitrogens with zero attached hydrogens (tertiary/aromatic N) is 1. The molecule has 6 heteroatoms. The monoisotopic (exact) mass is 466 g/mol. The van der Waals surface area contributed by atoms with Gasteiger partial charge >= 0.3 is 5.97 Å². The van der Waals surface area contributed by atoms with Crippen molar-refractivity contribution in [2.45, 2.75) is 64.7 Å².